The van der Waals surface area contributed by atoms with Crippen LogP contribution in [0.25, 0.3) is 5.76 Å². The minimum Gasteiger partial charge on any atom is -0.379 e. The van der Waals surface area contributed by atoms with E-state index in [1.807, 2.05) is 21.1 Å². The van der Waals surface area contributed by atoms with Gasteiger partial charge >= 0.3 is 10.1 Å². The van der Waals surface area contributed by atoms with Gasteiger partial charge in [0.05, 0.1) is 38.8 Å². The highest BCUT2D eigenvalue weighted by Gasteiger charge is 2.39. The second kappa shape index (κ2) is 7.72. The van der Waals surface area contributed by atoms with Gasteiger partial charge in [-0.05, 0) is 12.1 Å². The van der Waals surface area contributed by atoms with Crippen molar-refractivity contribution in [3.05, 3.63) is 35.5 Å². The van der Waals surface area contributed by atoms with Gasteiger partial charge in [0.15, 0.2) is 11.5 Å². The first-order valence-corrected chi connectivity index (χ1v) is 11.8. The van der Waals surface area contributed by atoms with Gasteiger partial charge in [-0.3, -0.25) is 9.10 Å². The van der Waals surface area contributed by atoms with Crippen LogP contribution in [0, 0.1) is 0 Å². The van der Waals surface area contributed by atoms with Crippen molar-refractivity contribution in [3.63, 3.8) is 0 Å². The van der Waals surface area contributed by atoms with E-state index < -0.39 is 26.0 Å². The second-order valence-corrected chi connectivity index (χ2v) is 11.1. The zero-order valence-corrected chi connectivity index (χ0v) is 18.2. The summed E-state index contributed by atoms with van der Waals surface area (Å²) in [6.45, 7) is 1.10. The Bertz CT molecular complexity index is 1010. The van der Waals surface area contributed by atoms with E-state index in [0.717, 1.165) is 17.1 Å². The molecule has 1 aliphatic rings. The first-order chi connectivity index (χ1) is 12.7. The first-order valence-electron chi connectivity index (χ1n) is 8.55. The molecule has 0 saturated heterocycles. The summed E-state index contributed by atoms with van der Waals surface area (Å²) >= 11 is 0. The highest BCUT2D eigenvalue weighted by Crippen LogP contribution is 2.37. The molecular weight excluding hydrogens is 406 g/mol. The molecule has 0 fully saturated rings. The lowest BCUT2D eigenvalue weighted by molar-refractivity contribution is -0.870. The molecule has 1 amide bonds. The largest absolute Gasteiger partial charge is 0.379 e. The summed E-state index contributed by atoms with van der Waals surface area (Å²) in [6.07, 6.45) is 1.50. The van der Waals surface area contributed by atoms with Crippen molar-refractivity contribution in [2.45, 2.75) is 11.3 Å². The minimum absolute atomic E-state index is 0.0301. The maximum atomic E-state index is 12.8. The summed E-state index contributed by atoms with van der Waals surface area (Å²) in [7, 11) is -0.784. The van der Waals surface area contributed by atoms with E-state index in [1.165, 1.54) is 25.2 Å². The quantitative estimate of drug-likeness (QED) is 0.374. The summed E-state index contributed by atoms with van der Waals surface area (Å²) < 4.78 is 55.6. The number of carbonyl (C=O) groups is 1. The molecule has 11 heteroatoms. The Morgan fingerprint density at radius 3 is 2.39 bits per heavy atom. The normalized spacial score (nSPS) is 16.5. The Kier molecular flexibility index (Phi) is 6.12. The maximum absolute atomic E-state index is 12.8. The fourth-order valence-electron chi connectivity index (χ4n) is 2.74. The van der Waals surface area contributed by atoms with Gasteiger partial charge < -0.3 is 14.0 Å². The van der Waals surface area contributed by atoms with Crippen LogP contribution in [0.3, 0.4) is 0 Å². The van der Waals surface area contributed by atoms with Crippen molar-refractivity contribution in [1.82, 2.24) is 9.62 Å². The summed E-state index contributed by atoms with van der Waals surface area (Å²) in [5, 5.41) is 2.65. The van der Waals surface area contributed by atoms with Crippen LogP contribution in [0.1, 0.15) is 12.0 Å². The Labute approximate surface area is 166 Å². The maximum Gasteiger partial charge on any atom is 0.306 e. The molecule has 0 aliphatic carbocycles. The summed E-state index contributed by atoms with van der Waals surface area (Å²) in [4.78, 5) is 12.6. The molecule has 0 saturated carbocycles. The molecule has 0 atom stereocenters. The number of nitrogens with one attached hydrogen (secondary N) is 1. The topological polar surface area (TPSA) is 110 Å². The number of likely N-dealkylation sites (N-methyl/N-ethyl adjacent to an activating group) is 1. The van der Waals surface area contributed by atoms with Crippen molar-refractivity contribution in [3.8, 4) is 0 Å². The Balaban J connectivity index is 2.47. The highest BCUT2D eigenvalue weighted by molar-refractivity contribution is 7.89. The monoisotopic (exact) mass is 432 g/mol. The van der Waals surface area contributed by atoms with Crippen LogP contribution in [0.2, 0.25) is 0 Å². The SMILES string of the molecule is CN1C(C(=O)NCCC[N+](C)(C)C)=C(OS(C)(=O)=O)c2ccccc2S1(=O)=O. The van der Waals surface area contributed by atoms with Gasteiger partial charge in [0.1, 0.15) is 0 Å². The zero-order valence-electron chi connectivity index (χ0n) is 16.6. The van der Waals surface area contributed by atoms with Gasteiger partial charge in [0.25, 0.3) is 15.9 Å². The van der Waals surface area contributed by atoms with Crippen LogP contribution in [0.5, 0.6) is 0 Å². The second-order valence-electron chi connectivity index (χ2n) is 7.56. The molecular formula is C17H26N3O6S2+. The van der Waals surface area contributed by atoms with Gasteiger partial charge in [0, 0.05) is 25.6 Å². The Morgan fingerprint density at radius 1 is 1.21 bits per heavy atom. The fraction of sp³-hybridized carbons (Fsp3) is 0.471. The summed E-state index contributed by atoms with van der Waals surface area (Å²) in [5.74, 6) is -1.03. The van der Waals surface area contributed by atoms with E-state index in [0.29, 0.717) is 17.4 Å². The molecule has 28 heavy (non-hydrogen) atoms. The van der Waals surface area contributed by atoms with Crippen LogP contribution < -0.4 is 5.32 Å². The lowest BCUT2D eigenvalue weighted by atomic mass is 10.1. The molecule has 0 radical (unpaired) electrons. The Hall–Kier alpha value is -2.11. The molecule has 156 valence electrons. The van der Waals surface area contributed by atoms with Crippen LogP contribution in [-0.2, 0) is 29.1 Å². The number of hydrogen-bond donors (Lipinski definition) is 1. The van der Waals surface area contributed by atoms with Crippen LogP contribution in [0.4, 0.5) is 0 Å². The lowest BCUT2D eigenvalue weighted by Crippen LogP contribution is -2.42. The summed E-state index contributed by atoms with van der Waals surface area (Å²) in [5.41, 5.74) is -0.336. The molecule has 9 nitrogen and oxygen atoms in total. The number of amides is 1. The van der Waals surface area contributed by atoms with Crippen molar-refractivity contribution in [1.29, 1.82) is 0 Å². The molecule has 0 aromatic heterocycles. The summed E-state index contributed by atoms with van der Waals surface area (Å²) in [6, 6.07) is 5.80. The van der Waals surface area contributed by atoms with Crippen molar-refractivity contribution >= 4 is 31.8 Å². The van der Waals surface area contributed by atoms with Gasteiger partial charge in [-0.15, -0.1) is 0 Å². The van der Waals surface area contributed by atoms with Gasteiger partial charge in [-0.2, -0.15) is 8.42 Å². The van der Waals surface area contributed by atoms with Crippen LogP contribution in [0.15, 0.2) is 34.9 Å². The van der Waals surface area contributed by atoms with Crippen molar-refractivity contribution in [2.24, 2.45) is 0 Å². The number of sulfonamides is 1. The molecule has 1 aromatic rings. The average molecular weight is 433 g/mol. The number of carbonyl (C=O) groups excluding carboxylic acids is 1. The first kappa shape index (κ1) is 22.2. The molecule has 0 bridgehead atoms. The third-order valence-electron chi connectivity index (χ3n) is 4.04. The van der Waals surface area contributed by atoms with Gasteiger partial charge in [0.2, 0.25) is 0 Å². The average Bonchev–Trinajstić information content (AvgIpc) is 2.55. The number of benzene rings is 1. The third kappa shape index (κ3) is 5.03. The van der Waals surface area contributed by atoms with E-state index in [4.69, 9.17) is 4.18 Å². The standard InChI is InChI=1S/C17H25N3O6S2/c1-19-15(17(21)18-11-8-12-20(2,3)4)16(26-27(5,22)23)13-9-6-7-10-14(13)28(19,24)25/h6-7,9-10H,8,11-12H2,1-5H3/p+1. The molecule has 1 N–H and O–H groups in total. The smallest absolute Gasteiger partial charge is 0.306 e. The Morgan fingerprint density at radius 2 is 1.82 bits per heavy atom. The number of nitrogens with zero attached hydrogens (tertiary/aromatic N) is 2. The number of quaternary nitrogens is 1. The van der Waals surface area contributed by atoms with E-state index in [2.05, 4.69) is 5.32 Å². The van der Waals surface area contributed by atoms with E-state index in [9.17, 15) is 21.6 Å². The van der Waals surface area contributed by atoms with Crippen LogP contribution >= 0.6 is 0 Å². The number of fused-ring (bicyclic) bond motifs is 1. The van der Waals surface area contributed by atoms with E-state index in [-0.39, 0.29) is 21.9 Å². The molecule has 1 aliphatic heterocycles. The van der Waals surface area contributed by atoms with Gasteiger partial charge in [-0.1, -0.05) is 12.1 Å². The molecule has 1 aromatic carbocycles. The van der Waals surface area contributed by atoms with Crippen molar-refractivity contribution in [2.75, 3.05) is 47.5 Å². The highest BCUT2D eigenvalue weighted by atomic mass is 32.2. The van der Waals surface area contributed by atoms with E-state index in [1.54, 1.807) is 6.07 Å². The predicted octanol–water partition coefficient (Wildman–Crippen LogP) is 0.178. The number of rotatable bonds is 7. The van der Waals surface area contributed by atoms with Crippen molar-refractivity contribution < 1.29 is 30.3 Å². The fourth-order valence-corrected chi connectivity index (χ4v) is 4.60. The van der Waals surface area contributed by atoms with E-state index >= 15 is 0 Å². The molecule has 1 heterocycles. The molecule has 0 unspecified atom stereocenters. The van der Waals surface area contributed by atoms with Gasteiger partial charge in [-0.25, -0.2) is 8.42 Å². The number of hydrogen-bond acceptors (Lipinski definition) is 6. The minimum atomic E-state index is -4.02. The molecule has 2 rings (SSSR count). The predicted molar refractivity (Wildman–Crippen MR) is 105 cm³/mol. The molecule has 0 spiro atoms. The lowest BCUT2D eigenvalue weighted by Gasteiger charge is -2.30. The van der Waals surface area contributed by atoms with Crippen LogP contribution in [-0.4, -0.2) is 79.1 Å². The zero-order chi connectivity index (χ0) is 21.3. The third-order valence-corrected chi connectivity index (χ3v) is 6.33.